The molecule has 5 amide bonds. The summed E-state index contributed by atoms with van der Waals surface area (Å²) in [6.45, 7) is 0.0202. The molecule has 36 heavy (non-hydrogen) atoms. The Kier molecular flexibility index (Phi) is 10.2. The largest absolute Gasteiger partial charge is 0.392 e. The van der Waals surface area contributed by atoms with Gasteiger partial charge in [0.05, 0.1) is 13.2 Å². The fraction of sp³-hybridized carbons (Fsp3) is 0.500. The Bertz CT molecular complexity index is 967. The van der Waals surface area contributed by atoms with Crippen LogP contribution in [0.2, 0.25) is 0 Å². The summed E-state index contributed by atoms with van der Waals surface area (Å²) in [5.74, 6) is -1.58. The highest BCUT2D eigenvalue weighted by molar-refractivity contribution is 6.12. The predicted octanol–water partition coefficient (Wildman–Crippen LogP) is 1.39. The molecule has 1 saturated carbocycles. The minimum atomic E-state index is -0.692. The average molecular weight is 499 g/mol. The van der Waals surface area contributed by atoms with Crippen LogP contribution in [0.1, 0.15) is 56.9 Å². The maximum atomic E-state index is 12.9. The fourth-order valence-corrected chi connectivity index (χ4v) is 4.49. The van der Waals surface area contributed by atoms with Crippen molar-refractivity contribution in [2.45, 2.75) is 64.0 Å². The van der Waals surface area contributed by atoms with E-state index in [1.54, 1.807) is 24.3 Å². The minimum Gasteiger partial charge on any atom is -0.392 e. The standard InChI is InChI=1S/C26H34N4O6/c31-17-18-9-11-20(12-10-18)28-22(33)16-27-26(36)25(19-6-3-4-7-19)29-21(32)8-2-1-5-15-30-23(34)13-14-24(30)35/h9-14,19,25,31H,1-8,15-17H2,(H,27,36)(H,28,33)(H,29,32). The van der Waals surface area contributed by atoms with Crippen LogP contribution in [0.5, 0.6) is 0 Å². The Labute approximate surface area is 210 Å². The molecular weight excluding hydrogens is 464 g/mol. The van der Waals surface area contributed by atoms with E-state index in [2.05, 4.69) is 16.0 Å². The smallest absolute Gasteiger partial charge is 0.253 e. The van der Waals surface area contributed by atoms with Crippen LogP contribution in [0.4, 0.5) is 5.69 Å². The van der Waals surface area contributed by atoms with E-state index in [9.17, 15) is 24.0 Å². The van der Waals surface area contributed by atoms with Crippen molar-refractivity contribution in [1.29, 1.82) is 0 Å². The highest BCUT2D eigenvalue weighted by Crippen LogP contribution is 2.28. The van der Waals surface area contributed by atoms with E-state index < -0.39 is 6.04 Å². The lowest BCUT2D eigenvalue weighted by atomic mass is 9.97. The molecule has 0 bridgehead atoms. The number of aliphatic hydroxyl groups is 1. The van der Waals surface area contributed by atoms with Crippen LogP contribution in [0.25, 0.3) is 0 Å². The van der Waals surface area contributed by atoms with Crippen molar-refractivity contribution in [3.63, 3.8) is 0 Å². The number of hydrogen-bond acceptors (Lipinski definition) is 6. The van der Waals surface area contributed by atoms with Gasteiger partial charge in [0.2, 0.25) is 17.7 Å². The van der Waals surface area contributed by atoms with Crippen molar-refractivity contribution in [3.8, 4) is 0 Å². The van der Waals surface area contributed by atoms with Crippen LogP contribution < -0.4 is 16.0 Å². The molecule has 10 nitrogen and oxygen atoms in total. The second kappa shape index (κ2) is 13.5. The van der Waals surface area contributed by atoms with Crippen LogP contribution in [0.3, 0.4) is 0 Å². The zero-order valence-corrected chi connectivity index (χ0v) is 20.3. The van der Waals surface area contributed by atoms with Crippen molar-refractivity contribution in [3.05, 3.63) is 42.0 Å². The number of carbonyl (C=O) groups excluding carboxylic acids is 5. The minimum absolute atomic E-state index is 0.0303. The molecule has 1 aromatic carbocycles. The molecule has 10 heteroatoms. The molecule has 2 aliphatic rings. The third-order valence-electron chi connectivity index (χ3n) is 6.50. The highest BCUT2D eigenvalue weighted by Gasteiger charge is 2.32. The number of benzene rings is 1. The maximum absolute atomic E-state index is 12.9. The molecule has 3 rings (SSSR count). The van der Waals surface area contributed by atoms with Crippen LogP contribution in [0, 0.1) is 5.92 Å². The van der Waals surface area contributed by atoms with Gasteiger partial charge in [0.25, 0.3) is 11.8 Å². The van der Waals surface area contributed by atoms with E-state index in [1.807, 2.05) is 0 Å². The van der Waals surface area contributed by atoms with E-state index in [4.69, 9.17) is 5.11 Å². The third kappa shape index (κ3) is 8.01. The number of aliphatic hydroxyl groups excluding tert-OH is 1. The summed E-state index contributed by atoms with van der Waals surface area (Å²) in [5.41, 5.74) is 1.28. The number of hydrogen-bond donors (Lipinski definition) is 4. The lowest BCUT2D eigenvalue weighted by molar-refractivity contribution is -0.137. The molecule has 0 spiro atoms. The molecule has 1 aromatic rings. The number of rotatable bonds is 13. The number of amides is 5. The normalized spacial score (nSPS) is 16.3. The topological polar surface area (TPSA) is 145 Å². The van der Waals surface area contributed by atoms with E-state index in [-0.39, 0.29) is 55.0 Å². The fourth-order valence-electron chi connectivity index (χ4n) is 4.49. The first kappa shape index (κ1) is 27.1. The number of nitrogens with one attached hydrogen (secondary N) is 3. The predicted molar refractivity (Wildman–Crippen MR) is 132 cm³/mol. The van der Waals surface area contributed by atoms with E-state index >= 15 is 0 Å². The summed E-state index contributed by atoms with van der Waals surface area (Å²) >= 11 is 0. The lowest BCUT2D eigenvalue weighted by Crippen LogP contribution is -2.51. The third-order valence-corrected chi connectivity index (χ3v) is 6.50. The molecule has 4 N–H and O–H groups in total. The van der Waals surface area contributed by atoms with Crippen molar-refractivity contribution >= 4 is 35.2 Å². The summed E-state index contributed by atoms with van der Waals surface area (Å²) < 4.78 is 0. The first-order valence-electron chi connectivity index (χ1n) is 12.5. The monoisotopic (exact) mass is 498 g/mol. The van der Waals surface area contributed by atoms with Gasteiger partial charge in [-0.1, -0.05) is 31.4 Å². The van der Waals surface area contributed by atoms with Crippen LogP contribution in [-0.4, -0.2) is 58.7 Å². The van der Waals surface area contributed by atoms with Gasteiger partial charge < -0.3 is 21.1 Å². The lowest BCUT2D eigenvalue weighted by Gasteiger charge is -2.24. The average Bonchev–Trinajstić information content (AvgIpc) is 3.52. The Morgan fingerprint density at radius 3 is 2.25 bits per heavy atom. The molecule has 1 fully saturated rings. The molecular formula is C26H34N4O6. The molecule has 1 atom stereocenters. The second-order valence-corrected chi connectivity index (χ2v) is 9.18. The second-order valence-electron chi connectivity index (χ2n) is 9.18. The number of nitrogens with zero attached hydrogens (tertiary/aromatic N) is 1. The van der Waals surface area contributed by atoms with Gasteiger partial charge in [-0.2, -0.15) is 0 Å². The summed E-state index contributed by atoms with van der Waals surface area (Å²) in [4.78, 5) is 62.0. The number of unbranched alkanes of at least 4 members (excludes halogenated alkanes) is 2. The van der Waals surface area contributed by atoms with Gasteiger partial charge in [-0.3, -0.25) is 28.9 Å². The SMILES string of the molecule is O=C(CNC(=O)C(NC(=O)CCCCCN1C(=O)C=CC1=O)C1CCCC1)Nc1ccc(CO)cc1. The number of anilines is 1. The molecule has 0 radical (unpaired) electrons. The van der Waals surface area contributed by atoms with Gasteiger partial charge in [0.15, 0.2) is 0 Å². The summed E-state index contributed by atoms with van der Waals surface area (Å²) in [6, 6.07) is 6.04. The van der Waals surface area contributed by atoms with Gasteiger partial charge in [0.1, 0.15) is 6.04 Å². The Balaban J connectivity index is 1.41. The number of imide groups is 1. The molecule has 0 saturated heterocycles. The van der Waals surface area contributed by atoms with Gasteiger partial charge in [0, 0.05) is 30.8 Å². The number of carbonyl (C=O) groups is 5. The first-order valence-corrected chi connectivity index (χ1v) is 12.5. The Morgan fingerprint density at radius 2 is 1.61 bits per heavy atom. The molecule has 1 heterocycles. The van der Waals surface area contributed by atoms with Crippen molar-refractivity contribution in [2.75, 3.05) is 18.4 Å². The molecule has 0 aromatic heterocycles. The van der Waals surface area contributed by atoms with E-state index in [1.165, 1.54) is 17.1 Å². The van der Waals surface area contributed by atoms with Gasteiger partial charge >= 0.3 is 0 Å². The summed E-state index contributed by atoms with van der Waals surface area (Å²) in [5, 5.41) is 17.3. The van der Waals surface area contributed by atoms with E-state index in [0.29, 0.717) is 31.5 Å². The van der Waals surface area contributed by atoms with Crippen molar-refractivity contribution in [1.82, 2.24) is 15.5 Å². The maximum Gasteiger partial charge on any atom is 0.253 e. The quantitative estimate of drug-likeness (QED) is 0.239. The van der Waals surface area contributed by atoms with Gasteiger partial charge in [-0.15, -0.1) is 0 Å². The van der Waals surface area contributed by atoms with Crippen LogP contribution in [-0.2, 0) is 30.6 Å². The Hall–Kier alpha value is -3.53. The summed E-state index contributed by atoms with van der Waals surface area (Å²) in [7, 11) is 0. The van der Waals surface area contributed by atoms with Crippen molar-refractivity contribution in [2.24, 2.45) is 5.92 Å². The first-order chi connectivity index (χ1) is 17.4. The van der Waals surface area contributed by atoms with Gasteiger partial charge in [-0.25, -0.2) is 0 Å². The highest BCUT2D eigenvalue weighted by atomic mass is 16.3. The van der Waals surface area contributed by atoms with Gasteiger partial charge in [-0.05, 0) is 49.3 Å². The molecule has 1 aliphatic carbocycles. The summed E-state index contributed by atoms with van der Waals surface area (Å²) in [6.07, 6.45) is 8.27. The molecule has 1 unspecified atom stereocenters. The molecule has 1 aliphatic heterocycles. The molecule has 194 valence electrons. The van der Waals surface area contributed by atoms with Crippen LogP contribution in [0.15, 0.2) is 36.4 Å². The zero-order chi connectivity index (χ0) is 25.9. The Morgan fingerprint density at radius 1 is 0.944 bits per heavy atom. The zero-order valence-electron chi connectivity index (χ0n) is 20.3. The van der Waals surface area contributed by atoms with E-state index in [0.717, 1.165) is 31.2 Å². The van der Waals surface area contributed by atoms with Crippen LogP contribution >= 0.6 is 0 Å². The van der Waals surface area contributed by atoms with Crippen molar-refractivity contribution < 1.29 is 29.1 Å².